The number of carbonyl (C=O) groups is 1. The van der Waals surface area contributed by atoms with Crippen molar-refractivity contribution in [1.29, 1.82) is 0 Å². The zero-order valence-electron chi connectivity index (χ0n) is 10.2. The highest BCUT2D eigenvalue weighted by molar-refractivity contribution is 5.69. The Morgan fingerprint density at radius 2 is 1.94 bits per heavy atom. The van der Waals surface area contributed by atoms with Crippen LogP contribution in [0.2, 0.25) is 0 Å². The quantitative estimate of drug-likeness (QED) is 0.601. The molecule has 108 valence electrons. The monoisotopic (exact) mass is 273 g/mol. The zero-order chi connectivity index (χ0) is 14.0. The second-order valence-corrected chi connectivity index (χ2v) is 3.68. The third-order valence-electron chi connectivity index (χ3n) is 1.95. The summed E-state index contributed by atoms with van der Waals surface area (Å²) in [4.78, 5) is 11.2. The number of halogens is 3. The fourth-order valence-electron chi connectivity index (χ4n) is 1.26. The Balaban J connectivity index is 3.83. The van der Waals surface area contributed by atoms with Crippen LogP contribution >= 0.6 is 0 Å². The topological polar surface area (TPSA) is 59.0 Å². The molecule has 0 atom stereocenters. The van der Waals surface area contributed by atoms with Gasteiger partial charge in [-0.2, -0.15) is 13.2 Å². The molecule has 0 heterocycles. The predicted molar refractivity (Wildman–Crippen MR) is 57.4 cm³/mol. The van der Waals surface area contributed by atoms with Crippen LogP contribution < -0.4 is 0 Å². The normalized spacial score (nSPS) is 12.1. The number of carboxylic acid groups (broad SMARTS) is 1. The van der Waals surface area contributed by atoms with E-state index in [2.05, 4.69) is 0 Å². The van der Waals surface area contributed by atoms with Gasteiger partial charge in [-0.1, -0.05) is 0 Å². The Hall–Kier alpha value is -0.860. The van der Waals surface area contributed by atoms with Crippen LogP contribution in [0.4, 0.5) is 13.2 Å². The highest BCUT2D eigenvalue weighted by Crippen LogP contribution is 2.16. The van der Waals surface area contributed by atoms with Crippen molar-refractivity contribution < 1.29 is 32.5 Å². The molecular weight excluding hydrogens is 255 g/mol. The van der Waals surface area contributed by atoms with E-state index in [1.165, 1.54) is 7.11 Å². The van der Waals surface area contributed by atoms with Crippen molar-refractivity contribution in [3.8, 4) is 0 Å². The number of methoxy groups -OCH3 is 1. The molecule has 0 spiro atoms. The summed E-state index contributed by atoms with van der Waals surface area (Å²) in [6.45, 7) is -1.02. The van der Waals surface area contributed by atoms with Crippen LogP contribution in [-0.2, 0) is 14.3 Å². The first-order valence-corrected chi connectivity index (χ1v) is 5.42. The molecule has 0 saturated heterocycles. The van der Waals surface area contributed by atoms with E-state index in [1.54, 1.807) is 0 Å². The minimum Gasteiger partial charge on any atom is -0.480 e. The van der Waals surface area contributed by atoms with E-state index < -0.39 is 25.2 Å². The van der Waals surface area contributed by atoms with Crippen molar-refractivity contribution in [3.63, 3.8) is 0 Å². The summed E-state index contributed by atoms with van der Waals surface area (Å²) >= 11 is 0. The summed E-state index contributed by atoms with van der Waals surface area (Å²) in [7, 11) is 1.54. The average Bonchev–Trinajstić information content (AvgIpc) is 2.19. The maximum absolute atomic E-state index is 12.1. The summed E-state index contributed by atoms with van der Waals surface area (Å²) in [6, 6.07) is 0. The number of hydrogen-bond acceptors (Lipinski definition) is 4. The van der Waals surface area contributed by atoms with Crippen molar-refractivity contribution in [3.05, 3.63) is 0 Å². The molecule has 0 radical (unpaired) electrons. The number of hydrogen-bond donors (Lipinski definition) is 1. The van der Waals surface area contributed by atoms with Gasteiger partial charge in [0, 0.05) is 26.9 Å². The number of alkyl halides is 3. The van der Waals surface area contributed by atoms with Gasteiger partial charge in [-0.05, 0) is 6.42 Å². The molecule has 0 aromatic carbocycles. The van der Waals surface area contributed by atoms with E-state index in [0.717, 1.165) is 4.90 Å². The molecule has 1 N–H and O–H groups in total. The number of nitrogens with zero attached hydrogens (tertiary/aromatic N) is 1. The summed E-state index contributed by atoms with van der Waals surface area (Å²) < 4.78 is 46.3. The van der Waals surface area contributed by atoms with Gasteiger partial charge in [0.1, 0.15) is 0 Å². The third kappa shape index (κ3) is 11.6. The third-order valence-corrected chi connectivity index (χ3v) is 1.95. The summed E-state index contributed by atoms with van der Waals surface area (Å²) in [5.74, 6) is -1.29. The van der Waals surface area contributed by atoms with Gasteiger partial charge >= 0.3 is 12.1 Å². The second kappa shape index (κ2) is 9.12. The van der Waals surface area contributed by atoms with Crippen LogP contribution in [0.1, 0.15) is 6.42 Å². The SMILES string of the molecule is COCCCOCCN(CC(=O)O)CC(F)(F)F. The second-order valence-electron chi connectivity index (χ2n) is 3.68. The lowest BCUT2D eigenvalue weighted by Crippen LogP contribution is -2.39. The molecule has 0 aromatic rings. The Morgan fingerprint density at radius 3 is 2.44 bits per heavy atom. The molecule has 0 bridgehead atoms. The van der Waals surface area contributed by atoms with Crippen molar-refractivity contribution in [2.45, 2.75) is 12.6 Å². The maximum atomic E-state index is 12.1. The van der Waals surface area contributed by atoms with Gasteiger partial charge in [0.2, 0.25) is 0 Å². The van der Waals surface area contributed by atoms with E-state index in [9.17, 15) is 18.0 Å². The summed E-state index contributed by atoms with van der Waals surface area (Å²) in [5.41, 5.74) is 0. The van der Waals surface area contributed by atoms with Crippen LogP contribution in [0.15, 0.2) is 0 Å². The van der Waals surface area contributed by atoms with E-state index in [0.29, 0.717) is 19.6 Å². The lowest BCUT2D eigenvalue weighted by molar-refractivity contribution is -0.155. The van der Waals surface area contributed by atoms with Gasteiger partial charge in [-0.25, -0.2) is 0 Å². The molecule has 0 aromatic heterocycles. The Labute approximate surface area is 103 Å². The number of carboxylic acids is 1. The van der Waals surface area contributed by atoms with Crippen molar-refractivity contribution in [1.82, 2.24) is 4.90 Å². The first-order chi connectivity index (χ1) is 8.35. The van der Waals surface area contributed by atoms with Crippen molar-refractivity contribution >= 4 is 5.97 Å². The molecule has 0 amide bonds. The molecule has 5 nitrogen and oxygen atoms in total. The van der Waals surface area contributed by atoms with Crippen LogP contribution in [0, 0.1) is 0 Å². The molecule has 0 aliphatic carbocycles. The molecule has 0 rings (SSSR count). The number of ether oxygens (including phenoxy) is 2. The lowest BCUT2D eigenvalue weighted by Gasteiger charge is -2.21. The highest BCUT2D eigenvalue weighted by atomic mass is 19.4. The number of aliphatic carboxylic acids is 1. The first-order valence-electron chi connectivity index (χ1n) is 5.42. The average molecular weight is 273 g/mol. The van der Waals surface area contributed by atoms with Crippen LogP contribution in [0.5, 0.6) is 0 Å². The smallest absolute Gasteiger partial charge is 0.401 e. The molecular formula is C10H18F3NO4. The molecule has 8 heteroatoms. The van der Waals surface area contributed by atoms with Gasteiger partial charge in [0.05, 0.1) is 19.7 Å². The first kappa shape index (κ1) is 17.1. The van der Waals surface area contributed by atoms with E-state index >= 15 is 0 Å². The molecule has 0 aliphatic rings. The number of rotatable bonds is 10. The van der Waals surface area contributed by atoms with Gasteiger partial charge < -0.3 is 14.6 Å². The molecule has 0 unspecified atom stereocenters. The minimum absolute atomic E-state index is 0.0626. The Morgan fingerprint density at radius 1 is 1.28 bits per heavy atom. The van der Waals surface area contributed by atoms with Crippen molar-refractivity contribution in [2.75, 3.05) is 46.6 Å². The Kier molecular flexibility index (Phi) is 8.69. The summed E-state index contributed by atoms with van der Waals surface area (Å²) in [5, 5.41) is 8.49. The fraction of sp³-hybridized carbons (Fsp3) is 0.900. The largest absolute Gasteiger partial charge is 0.480 e. The zero-order valence-corrected chi connectivity index (χ0v) is 10.2. The van der Waals surface area contributed by atoms with Gasteiger partial charge in [0.25, 0.3) is 0 Å². The molecule has 0 aliphatic heterocycles. The fourth-order valence-corrected chi connectivity index (χ4v) is 1.26. The van der Waals surface area contributed by atoms with Crippen LogP contribution in [0.25, 0.3) is 0 Å². The molecule has 0 saturated carbocycles. The van der Waals surface area contributed by atoms with Crippen LogP contribution in [0.3, 0.4) is 0 Å². The van der Waals surface area contributed by atoms with Gasteiger partial charge in [0.15, 0.2) is 0 Å². The molecule has 18 heavy (non-hydrogen) atoms. The Bertz CT molecular complexity index is 236. The standard InChI is InChI=1S/C10H18F3NO4/c1-17-4-2-5-18-6-3-14(7-9(15)16)8-10(11,12)13/h2-8H2,1H3,(H,15,16). The lowest BCUT2D eigenvalue weighted by atomic mass is 10.4. The van der Waals surface area contributed by atoms with E-state index in [-0.39, 0.29) is 13.2 Å². The van der Waals surface area contributed by atoms with Crippen molar-refractivity contribution in [2.24, 2.45) is 0 Å². The summed E-state index contributed by atoms with van der Waals surface area (Å²) in [6.07, 6.45) is -3.76. The van der Waals surface area contributed by atoms with Crippen LogP contribution in [-0.4, -0.2) is 68.7 Å². The maximum Gasteiger partial charge on any atom is 0.401 e. The van der Waals surface area contributed by atoms with Gasteiger partial charge in [-0.3, -0.25) is 9.69 Å². The predicted octanol–water partition coefficient (Wildman–Crippen LogP) is 0.988. The molecule has 0 fully saturated rings. The minimum atomic E-state index is -4.41. The van der Waals surface area contributed by atoms with Gasteiger partial charge in [-0.15, -0.1) is 0 Å². The highest BCUT2D eigenvalue weighted by Gasteiger charge is 2.31. The van der Waals surface area contributed by atoms with E-state index in [4.69, 9.17) is 14.6 Å². The van der Waals surface area contributed by atoms with E-state index in [1.807, 2.05) is 0 Å².